The Hall–Kier alpha value is -2.50. The summed E-state index contributed by atoms with van der Waals surface area (Å²) in [4.78, 5) is 0. The molecule has 0 bridgehead atoms. The van der Waals surface area contributed by atoms with Gasteiger partial charge in [-0.25, -0.2) is 9.07 Å². The number of hydrogen-bond donors (Lipinski definition) is 2. The van der Waals surface area contributed by atoms with Crippen molar-refractivity contribution in [3.63, 3.8) is 0 Å². The van der Waals surface area contributed by atoms with Gasteiger partial charge in [0.15, 0.2) is 0 Å². The molecule has 3 rings (SSSR count). The zero-order valence-electron chi connectivity index (χ0n) is 12.6. The topological polar surface area (TPSA) is 50.1 Å². The maximum absolute atomic E-state index is 13.6. The number of benzene rings is 2. The largest absolute Gasteiger partial charge is 0.387 e. The summed E-state index contributed by atoms with van der Waals surface area (Å²) in [6.07, 6.45) is 1.01. The van der Waals surface area contributed by atoms with Crippen LogP contribution in [0.3, 0.4) is 0 Å². The van der Waals surface area contributed by atoms with Crippen LogP contribution in [0.4, 0.5) is 4.39 Å². The Labute approximate surface area is 134 Å². The fourth-order valence-corrected chi connectivity index (χ4v) is 2.37. The number of aliphatic hydroxyl groups excluding tert-OH is 1. The van der Waals surface area contributed by atoms with Crippen molar-refractivity contribution < 1.29 is 9.50 Å². The zero-order chi connectivity index (χ0) is 16.1. The SMILES string of the molecule is OC(CNCc1ccn(-c2ccccc2)n1)c1ccccc1F. The lowest BCUT2D eigenvalue weighted by Crippen LogP contribution is -2.22. The first-order chi connectivity index (χ1) is 11.2. The summed E-state index contributed by atoms with van der Waals surface area (Å²) in [5.74, 6) is -0.393. The minimum atomic E-state index is -0.882. The maximum Gasteiger partial charge on any atom is 0.129 e. The van der Waals surface area contributed by atoms with Gasteiger partial charge in [-0.05, 0) is 24.3 Å². The van der Waals surface area contributed by atoms with Crippen LogP contribution in [0.2, 0.25) is 0 Å². The van der Waals surface area contributed by atoms with Crippen molar-refractivity contribution in [2.75, 3.05) is 6.54 Å². The molecule has 3 aromatic rings. The normalized spacial score (nSPS) is 12.3. The van der Waals surface area contributed by atoms with Crippen LogP contribution >= 0.6 is 0 Å². The molecule has 0 fully saturated rings. The zero-order valence-corrected chi connectivity index (χ0v) is 12.6. The second-order valence-corrected chi connectivity index (χ2v) is 5.26. The molecule has 23 heavy (non-hydrogen) atoms. The molecule has 1 atom stereocenters. The van der Waals surface area contributed by atoms with Gasteiger partial charge in [-0.15, -0.1) is 0 Å². The van der Waals surface area contributed by atoms with Gasteiger partial charge in [0.2, 0.25) is 0 Å². The summed E-state index contributed by atoms with van der Waals surface area (Å²) >= 11 is 0. The summed E-state index contributed by atoms with van der Waals surface area (Å²) in [5, 5.41) is 17.6. The van der Waals surface area contributed by atoms with Crippen LogP contribution in [0.1, 0.15) is 17.4 Å². The van der Waals surface area contributed by atoms with Crippen molar-refractivity contribution in [3.05, 3.63) is 83.9 Å². The van der Waals surface area contributed by atoms with Crippen LogP contribution in [-0.4, -0.2) is 21.4 Å². The first-order valence-electron chi connectivity index (χ1n) is 7.47. The van der Waals surface area contributed by atoms with Crippen molar-refractivity contribution in [2.45, 2.75) is 12.6 Å². The Morgan fingerprint density at radius 3 is 2.57 bits per heavy atom. The van der Waals surface area contributed by atoms with E-state index in [-0.39, 0.29) is 6.54 Å². The third kappa shape index (κ3) is 3.83. The number of rotatable bonds is 6. The number of hydrogen-bond acceptors (Lipinski definition) is 3. The average molecular weight is 311 g/mol. The van der Waals surface area contributed by atoms with E-state index in [9.17, 15) is 9.50 Å². The van der Waals surface area contributed by atoms with E-state index in [2.05, 4.69) is 10.4 Å². The highest BCUT2D eigenvalue weighted by atomic mass is 19.1. The summed E-state index contributed by atoms with van der Waals surface area (Å²) in [5.41, 5.74) is 2.15. The van der Waals surface area contributed by atoms with Gasteiger partial charge < -0.3 is 10.4 Å². The van der Waals surface area contributed by atoms with E-state index in [1.807, 2.05) is 42.6 Å². The van der Waals surface area contributed by atoms with Crippen LogP contribution in [0.5, 0.6) is 0 Å². The molecule has 0 saturated carbocycles. The molecule has 1 aromatic heterocycles. The number of nitrogens with one attached hydrogen (secondary N) is 1. The third-order valence-electron chi connectivity index (χ3n) is 3.57. The molecule has 0 aliphatic rings. The molecule has 2 N–H and O–H groups in total. The lowest BCUT2D eigenvalue weighted by Gasteiger charge is -2.12. The quantitative estimate of drug-likeness (QED) is 0.736. The monoisotopic (exact) mass is 311 g/mol. The van der Waals surface area contributed by atoms with E-state index in [1.54, 1.807) is 22.9 Å². The van der Waals surface area contributed by atoms with E-state index < -0.39 is 11.9 Å². The summed E-state index contributed by atoms with van der Waals surface area (Å²) in [7, 11) is 0. The molecule has 0 spiro atoms. The average Bonchev–Trinajstić information content (AvgIpc) is 3.05. The molecule has 0 saturated heterocycles. The van der Waals surface area contributed by atoms with Crippen molar-refractivity contribution in [3.8, 4) is 5.69 Å². The Morgan fingerprint density at radius 2 is 1.78 bits per heavy atom. The lowest BCUT2D eigenvalue weighted by molar-refractivity contribution is 0.169. The number of aliphatic hydroxyl groups is 1. The van der Waals surface area contributed by atoms with E-state index in [0.29, 0.717) is 12.1 Å². The molecule has 0 aliphatic carbocycles. The Morgan fingerprint density at radius 1 is 1.04 bits per heavy atom. The van der Waals surface area contributed by atoms with Crippen molar-refractivity contribution in [1.29, 1.82) is 0 Å². The standard InChI is InChI=1S/C18H18FN3O/c19-17-9-5-4-8-16(17)18(23)13-20-12-14-10-11-22(21-14)15-6-2-1-3-7-15/h1-11,18,20,23H,12-13H2. The second kappa shape index (κ2) is 7.17. The fourth-order valence-electron chi connectivity index (χ4n) is 2.37. The molecule has 1 unspecified atom stereocenters. The molecule has 0 aliphatic heterocycles. The van der Waals surface area contributed by atoms with E-state index in [4.69, 9.17) is 0 Å². The highest BCUT2D eigenvalue weighted by Crippen LogP contribution is 2.15. The van der Waals surface area contributed by atoms with Gasteiger partial charge in [0.1, 0.15) is 5.82 Å². The molecular weight excluding hydrogens is 293 g/mol. The number of aromatic nitrogens is 2. The first-order valence-corrected chi connectivity index (χ1v) is 7.47. The predicted octanol–water partition coefficient (Wildman–Crippen LogP) is 2.83. The Balaban J connectivity index is 1.55. The molecular formula is C18H18FN3O. The number of halogens is 1. The van der Waals surface area contributed by atoms with Crippen LogP contribution in [0, 0.1) is 5.82 Å². The van der Waals surface area contributed by atoms with Crippen LogP contribution in [-0.2, 0) is 6.54 Å². The van der Waals surface area contributed by atoms with Gasteiger partial charge in [0.25, 0.3) is 0 Å². The fraction of sp³-hybridized carbons (Fsp3) is 0.167. The second-order valence-electron chi connectivity index (χ2n) is 5.26. The lowest BCUT2D eigenvalue weighted by atomic mass is 10.1. The summed E-state index contributed by atoms with van der Waals surface area (Å²) in [6.45, 7) is 0.768. The Kier molecular flexibility index (Phi) is 4.80. The van der Waals surface area contributed by atoms with Crippen LogP contribution in [0.15, 0.2) is 66.9 Å². The molecule has 2 aromatic carbocycles. The molecule has 5 heteroatoms. The van der Waals surface area contributed by atoms with Gasteiger partial charge in [0, 0.05) is 24.8 Å². The van der Waals surface area contributed by atoms with Crippen LogP contribution in [0.25, 0.3) is 5.69 Å². The van der Waals surface area contributed by atoms with Crippen molar-refractivity contribution in [1.82, 2.24) is 15.1 Å². The summed E-state index contributed by atoms with van der Waals surface area (Å²) in [6, 6.07) is 18.0. The summed E-state index contributed by atoms with van der Waals surface area (Å²) < 4.78 is 15.4. The minimum absolute atomic E-state index is 0.263. The van der Waals surface area contributed by atoms with Gasteiger partial charge in [0.05, 0.1) is 17.5 Å². The van der Waals surface area contributed by atoms with Gasteiger partial charge in [-0.3, -0.25) is 0 Å². The molecule has 0 amide bonds. The minimum Gasteiger partial charge on any atom is -0.387 e. The maximum atomic E-state index is 13.6. The smallest absolute Gasteiger partial charge is 0.129 e. The van der Waals surface area contributed by atoms with E-state index >= 15 is 0 Å². The highest BCUT2D eigenvalue weighted by Gasteiger charge is 2.11. The van der Waals surface area contributed by atoms with E-state index in [1.165, 1.54) is 6.07 Å². The van der Waals surface area contributed by atoms with Crippen molar-refractivity contribution >= 4 is 0 Å². The van der Waals surface area contributed by atoms with Gasteiger partial charge >= 0.3 is 0 Å². The van der Waals surface area contributed by atoms with E-state index in [0.717, 1.165) is 11.4 Å². The molecule has 1 heterocycles. The predicted molar refractivity (Wildman–Crippen MR) is 86.6 cm³/mol. The van der Waals surface area contributed by atoms with Crippen LogP contribution < -0.4 is 5.32 Å². The number of nitrogens with zero attached hydrogens (tertiary/aromatic N) is 2. The van der Waals surface area contributed by atoms with Crippen molar-refractivity contribution in [2.24, 2.45) is 0 Å². The van der Waals surface area contributed by atoms with Gasteiger partial charge in [-0.1, -0.05) is 36.4 Å². The Bertz CT molecular complexity index is 758. The first kappa shape index (κ1) is 15.4. The molecule has 4 nitrogen and oxygen atoms in total. The molecule has 0 radical (unpaired) electrons. The number of para-hydroxylation sites is 1. The highest BCUT2D eigenvalue weighted by molar-refractivity contribution is 5.30. The molecule has 118 valence electrons. The third-order valence-corrected chi connectivity index (χ3v) is 3.57. The van der Waals surface area contributed by atoms with Gasteiger partial charge in [-0.2, -0.15) is 5.10 Å².